The molecule has 2 aliphatic heterocycles. The van der Waals surface area contributed by atoms with Crippen LogP contribution in [0.15, 0.2) is 42.5 Å². The molecular formula is C24H24ClFO3. The van der Waals surface area contributed by atoms with Crippen LogP contribution >= 0.6 is 11.6 Å². The average Bonchev–Trinajstić information content (AvgIpc) is 3.10. The van der Waals surface area contributed by atoms with Crippen molar-refractivity contribution in [2.75, 3.05) is 13.2 Å². The summed E-state index contributed by atoms with van der Waals surface area (Å²) in [6, 6.07) is 10.7. The standard InChI is InChI=1S/C24H24ClFO3/c1-3-15-5-6-16(17-7-8-20(25)21(26)12-17)11-18(15)19-13-24(14-28-4-2)10-9-22(29-24)23(19)27/h5-8,11-13,22H,3-4,9-10,14H2,1-2H3. The largest absolute Gasteiger partial charge is 0.378 e. The van der Waals surface area contributed by atoms with Gasteiger partial charge in [-0.25, -0.2) is 4.39 Å². The molecule has 1 fully saturated rings. The first kappa shape index (κ1) is 20.3. The van der Waals surface area contributed by atoms with Crippen molar-refractivity contribution >= 4 is 23.0 Å². The minimum Gasteiger partial charge on any atom is -0.378 e. The van der Waals surface area contributed by atoms with Gasteiger partial charge in [-0.2, -0.15) is 0 Å². The second kappa shape index (κ2) is 8.02. The minimum atomic E-state index is -0.544. The molecule has 3 nitrogen and oxygen atoms in total. The van der Waals surface area contributed by atoms with Crippen molar-refractivity contribution < 1.29 is 18.7 Å². The molecule has 0 spiro atoms. The second-order valence-electron chi connectivity index (χ2n) is 7.62. The quantitative estimate of drug-likeness (QED) is 0.614. The molecule has 2 bridgehead atoms. The molecule has 0 aliphatic carbocycles. The van der Waals surface area contributed by atoms with Gasteiger partial charge in [0.2, 0.25) is 0 Å². The van der Waals surface area contributed by atoms with Crippen molar-refractivity contribution in [3.05, 3.63) is 64.4 Å². The van der Waals surface area contributed by atoms with Gasteiger partial charge in [0.25, 0.3) is 0 Å². The summed E-state index contributed by atoms with van der Waals surface area (Å²) in [6.07, 6.45) is 3.80. The molecule has 4 rings (SSSR count). The topological polar surface area (TPSA) is 35.5 Å². The van der Waals surface area contributed by atoms with Gasteiger partial charge < -0.3 is 9.47 Å². The number of aryl methyl sites for hydroxylation is 1. The van der Waals surface area contributed by atoms with Crippen molar-refractivity contribution in [3.8, 4) is 11.1 Å². The Hall–Kier alpha value is -2.01. The van der Waals surface area contributed by atoms with Gasteiger partial charge >= 0.3 is 0 Å². The van der Waals surface area contributed by atoms with Gasteiger partial charge in [0.05, 0.1) is 11.6 Å². The lowest BCUT2D eigenvalue weighted by molar-refractivity contribution is -0.132. The van der Waals surface area contributed by atoms with E-state index < -0.39 is 17.5 Å². The molecule has 0 amide bonds. The number of rotatable bonds is 6. The van der Waals surface area contributed by atoms with Gasteiger partial charge in [-0.3, -0.25) is 4.79 Å². The van der Waals surface area contributed by atoms with Gasteiger partial charge in [-0.1, -0.05) is 36.7 Å². The summed E-state index contributed by atoms with van der Waals surface area (Å²) < 4.78 is 25.7. The van der Waals surface area contributed by atoms with Gasteiger partial charge in [-0.15, -0.1) is 0 Å². The molecular weight excluding hydrogens is 391 g/mol. The van der Waals surface area contributed by atoms with Gasteiger partial charge in [0.15, 0.2) is 5.78 Å². The Kier molecular flexibility index (Phi) is 5.60. The van der Waals surface area contributed by atoms with Gasteiger partial charge in [0.1, 0.15) is 17.5 Å². The highest BCUT2D eigenvalue weighted by molar-refractivity contribution is 6.30. The number of carbonyl (C=O) groups is 1. The van der Waals surface area contributed by atoms with Crippen molar-refractivity contribution in [1.29, 1.82) is 0 Å². The van der Waals surface area contributed by atoms with E-state index in [9.17, 15) is 9.18 Å². The highest BCUT2D eigenvalue weighted by Crippen LogP contribution is 2.42. The maximum Gasteiger partial charge on any atom is 0.191 e. The molecule has 2 unspecified atom stereocenters. The Balaban J connectivity index is 1.80. The highest BCUT2D eigenvalue weighted by Gasteiger charge is 2.47. The minimum absolute atomic E-state index is 0.0174. The molecule has 1 saturated heterocycles. The summed E-state index contributed by atoms with van der Waals surface area (Å²) in [7, 11) is 0. The summed E-state index contributed by atoms with van der Waals surface area (Å²) in [5.41, 5.74) is 3.68. The van der Waals surface area contributed by atoms with Gasteiger partial charge in [0, 0.05) is 12.2 Å². The maximum atomic E-state index is 14.0. The number of ether oxygens (including phenoxy) is 2. The summed E-state index contributed by atoms with van der Waals surface area (Å²) in [6.45, 7) is 5.06. The first-order valence-electron chi connectivity index (χ1n) is 10.1. The molecule has 2 aliphatic rings. The summed E-state index contributed by atoms with van der Waals surface area (Å²) in [5, 5.41) is 0.0934. The molecule has 152 valence electrons. The predicted molar refractivity (Wildman–Crippen MR) is 113 cm³/mol. The third-order valence-electron chi connectivity index (χ3n) is 5.76. The lowest BCUT2D eigenvalue weighted by atomic mass is 9.87. The molecule has 29 heavy (non-hydrogen) atoms. The molecule has 2 aromatic rings. The van der Waals surface area contributed by atoms with E-state index in [4.69, 9.17) is 21.1 Å². The van der Waals surface area contributed by atoms with Crippen LogP contribution in [0.5, 0.6) is 0 Å². The van der Waals surface area contributed by atoms with Crippen LogP contribution in [0, 0.1) is 5.82 Å². The fourth-order valence-corrected chi connectivity index (χ4v) is 4.32. The van der Waals surface area contributed by atoms with E-state index in [1.807, 2.05) is 31.2 Å². The molecule has 2 atom stereocenters. The van der Waals surface area contributed by atoms with E-state index in [1.54, 1.807) is 12.1 Å². The fraction of sp³-hybridized carbons (Fsp3) is 0.375. The zero-order valence-corrected chi connectivity index (χ0v) is 17.4. The van der Waals surface area contributed by atoms with Crippen LogP contribution in [0.4, 0.5) is 4.39 Å². The van der Waals surface area contributed by atoms with Crippen LogP contribution in [0.3, 0.4) is 0 Å². The van der Waals surface area contributed by atoms with E-state index in [1.165, 1.54) is 6.07 Å². The SMILES string of the molecule is CCOCC12C=C(c3cc(-c4ccc(Cl)c(F)c4)ccc3CC)C(=O)C(CC1)O2. The van der Waals surface area contributed by atoms with Crippen LogP contribution in [0.1, 0.15) is 37.8 Å². The van der Waals surface area contributed by atoms with Crippen molar-refractivity contribution in [3.63, 3.8) is 0 Å². The van der Waals surface area contributed by atoms with Crippen molar-refractivity contribution in [1.82, 2.24) is 0 Å². The molecule has 0 saturated carbocycles. The zero-order valence-electron chi connectivity index (χ0n) is 16.6. The Bertz CT molecular complexity index is 984. The second-order valence-corrected chi connectivity index (χ2v) is 8.03. The number of hydrogen-bond acceptors (Lipinski definition) is 3. The molecule has 0 radical (unpaired) electrons. The van der Waals surface area contributed by atoms with Crippen LogP contribution in [-0.4, -0.2) is 30.7 Å². The Morgan fingerprint density at radius 3 is 2.69 bits per heavy atom. The summed E-state index contributed by atoms with van der Waals surface area (Å²) in [5.74, 6) is -0.441. The number of halogens is 2. The normalized spacial score (nSPS) is 23.4. The van der Waals surface area contributed by atoms with E-state index >= 15 is 0 Å². The summed E-state index contributed by atoms with van der Waals surface area (Å²) in [4.78, 5) is 13.1. The smallest absolute Gasteiger partial charge is 0.191 e. The molecule has 2 heterocycles. The first-order chi connectivity index (χ1) is 14.0. The number of Topliss-reactive ketones (excluding diaryl/α,β-unsaturated/α-hetero) is 1. The monoisotopic (exact) mass is 414 g/mol. The Morgan fingerprint density at radius 1 is 1.21 bits per heavy atom. The third-order valence-corrected chi connectivity index (χ3v) is 6.06. The average molecular weight is 415 g/mol. The molecule has 0 aromatic heterocycles. The maximum absolute atomic E-state index is 14.0. The predicted octanol–water partition coefficient (Wildman–Crippen LogP) is 5.63. The first-order valence-corrected chi connectivity index (χ1v) is 10.5. The van der Waals surface area contributed by atoms with Gasteiger partial charge in [-0.05, 0) is 72.7 Å². The molecule has 2 aromatic carbocycles. The Labute approximate surface area is 175 Å². The lowest BCUT2D eigenvalue weighted by Crippen LogP contribution is -2.39. The zero-order chi connectivity index (χ0) is 20.6. The van der Waals surface area contributed by atoms with Crippen LogP contribution in [0.2, 0.25) is 5.02 Å². The molecule has 0 N–H and O–H groups in total. The third kappa shape index (κ3) is 3.77. The number of carbonyl (C=O) groups excluding carboxylic acids is 1. The Morgan fingerprint density at radius 2 is 1.97 bits per heavy atom. The van der Waals surface area contributed by atoms with E-state index in [2.05, 4.69) is 6.92 Å². The summed E-state index contributed by atoms with van der Waals surface area (Å²) >= 11 is 5.83. The fourth-order valence-electron chi connectivity index (χ4n) is 4.20. The van der Waals surface area contributed by atoms with Crippen molar-refractivity contribution in [2.24, 2.45) is 0 Å². The number of hydrogen-bond donors (Lipinski definition) is 0. The highest BCUT2D eigenvalue weighted by atomic mass is 35.5. The van der Waals surface area contributed by atoms with E-state index in [-0.39, 0.29) is 10.8 Å². The van der Waals surface area contributed by atoms with Crippen LogP contribution in [-0.2, 0) is 20.7 Å². The van der Waals surface area contributed by atoms with E-state index in [0.717, 1.165) is 35.1 Å². The number of benzene rings is 2. The van der Waals surface area contributed by atoms with Crippen LogP contribution in [0.25, 0.3) is 16.7 Å². The van der Waals surface area contributed by atoms with Crippen LogP contribution < -0.4 is 0 Å². The lowest BCUT2D eigenvalue weighted by Gasteiger charge is -2.31. The van der Waals surface area contributed by atoms with Crippen molar-refractivity contribution in [2.45, 2.75) is 44.8 Å². The number of fused-ring (bicyclic) bond motifs is 2. The number of ketones is 1. The molecule has 5 heteroatoms. The van der Waals surface area contributed by atoms with E-state index in [0.29, 0.717) is 25.2 Å².